The third-order valence-corrected chi connectivity index (χ3v) is 2.66. The summed E-state index contributed by atoms with van der Waals surface area (Å²) in [6.45, 7) is 4.23. The molecule has 1 rings (SSSR count). The standard InChI is InChI=1S/C9H13N2OS/c1-3-6(2)4-8-11-7(5-13-8)9(10)12/h4-6H,3H2,1-2H3,(H2,10,12)/t6-/m1/s1. The SMILES string of the molecule is CC[C@@H](C)[CH]c1nc(C(N)=O)cs1. The van der Waals surface area contributed by atoms with Crippen molar-refractivity contribution in [3.05, 3.63) is 22.5 Å². The van der Waals surface area contributed by atoms with Crippen LogP contribution in [-0.2, 0) is 0 Å². The van der Waals surface area contributed by atoms with E-state index in [0.717, 1.165) is 11.4 Å². The van der Waals surface area contributed by atoms with Crippen LogP contribution in [0, 0.1) is 12.3 Å². The minimum absolute atomic E-state index is 0.361. The minimum Gasteiger partial charge on any atom is -0.364 e. The van der Waals surface area contributed by atoms with Crippen LogP contribution in [0.5, 0.6) is 0 Å². The van der Waals surface area contributed by atoms with Gasteiger partial charge >= 0.3 is 0 Å². The van der Waals surface area contributed by atoms with Gasteiger partial charge in [0.05, 0.1) is 5.01 Å². The Labute approximate surface area is 82.0 Å². The van der Waals surface area contributed by atoms with Crippen molar-refractivity contribution in [2.75, 3.05) is 0 Å². The third-order valence-electron chi connectivity index (χ3n) is 1.85. The molecule has 1 aromatic rings. The van der Waals surface area contributed by atoms with E-state index in [1.165, 1.54) is 11.3 Å². The molecule has 1 amide bonds. The Bertz CT molecular complexity index is 296. The number of rotatable bonds is 4. The fourth-order valence-corrected chi connectivity index (χ4v) is 1.70. The first-order valence-corrected chi connectivity index (χ1v) is 5.11. The van der Waals surface area contributed by atoms with Gasteiger partial charge in [-0.25, -0.2) is 4.98 Å². The molecule has 3 nitrogen and oxygen atoms in total. The molecule has 0 saturated carbocycles. The van der Waals surface area contributed by atoms with Gasteiger partial charge in [-0.1, -0.05) is 20.3 Å². The molecule has 0 saturated heterocycles. The molecule has 0 unspecified atom stereocenters. The van der Waals surface area contributed by atoms with E-state index in [1.54, 1.807) is 5.38 Å². The predicted molar refractivity (Wildman–Crippen MR) is 53.5 cm³/mol. The van der Waals surface area contributed by atoms with E-state index in [4.69, 9.17) is 5.73 Å². The number of carbonyl (C=O) groups excluding carboxylic acids is 1. The normalized spacial score (nSPS) is 12.8. The van der Waals surface area contributed by atoms with Crippen molar-refractivity contribution in [2.24, 2.45) is 11.7 Å². The van der Waals surface area contributed by atoms with E-state index in [2.05, 4.69) is 25.3 Å². The Kier molecular flexibility index (Phi) is 3.42. The largest absolute Gasteiger partial charge is 0.364 e. The highest BCUT2D eigenvalue weighted by atomic mass is 32.1. The maximum absolute atomic E-state index is 10.7. The average Bonchev–Trinajstić information content (AvgIpc) is 2.52. The predicted octanol–water partition coefficient (Wildman–Crippen LogP) is 1.84. The molecule has 1 aromatic heterocycles. The topological polar surface area (TPSA) is 56.0 Å². The number of primary amides is 1. The molecule has 2 N–H and O–H groups in total. The summed E-state index contributed by atoms with van der Waals surface area (Å²) >= 11 is 1.45. The van der Waals surface area contributed by atoms with Crippen molar-refractivity contribution >= 4 is 17.2 Å². The van der Waals surface area contributed by atoms with E-state index in [1.807, 2.05) is 0 Å². The Hall–Kier alpha value is -0.900. The molecule has 0 aliphatic heterocycles. The summed E-state index contributed by atoms with van der Waals surface area (Å²) in [5.41, 5.74) is 5.44. The Morgan fingerprint density at radius 2 is 2.54 bits per heavy atom. The van der Waals surface area contributed by atoms with Gasteiger partial charge in [0.2, 0.25) is 0 Å². The van der Waals surface area contributed by atoms with Crippen molar-refractivity contribution in [3.63, 3.8) is 0 Å². The van der Waals surface area contributed by atoms with Gasteiger partial charge in [-0.15, -0.1) is 11.3 Å². The van der Waals surface area contributed by atoms with E-state index in [9.17, 15) is 4.79 Å². The van der Waals surface area contributed by atoms with E-state index < -0.39 is 5.91 Å². The molecule has 1 heterocycles. The van der Waals surface area contributed by atoms with Gasteiger partial charge in [0.25, 0.3) is 5.91 Å². The van der Waals surface area contributed by atoms with Crippen molar-refractivity contribution < 1.29 is 4.79 Å². The van der Waals surface area contributed by atoms with Crippen LogP contribution < -0.4 is 5.73 Å². The molecule has 0 bridgehead atoms. The molecular formula is C9H13N2OS. The van der Waals surface area contributed by atoms with Crippen molar-refractivity contribution in [3.8, 4) is 0 Å². The highest BCUT2D eigenvalue weighted by molar-refractivity contribution is 7.10. The molecule has 71 valence electrons. The third kappa shape index (κ3) is 2.81. The summed E-state index contributed by atoms with van der Waals surface area (Å²) in [6.07, 6.45) is 3.13. The molecule has 0 fully saturated rings. The molecule has 0 aliphatic rings. The summed E-state index contributed by atoms with van der Waals surface area (Å²) < 4.78 is 0. The number of nitrogens with two attached hydrogens (primary N) is 1. The van der Waals surface area contributed by atoms with Crippen LogP contribution in [0.2, 0.25) is 0 Å². The summed E-state index contributed by atoms with van der Waals surface area (Å²) in [6, 6.07) is 0. The number of nitrogens with zero attached hydrogens (tertiary/aromatic N) is 1. The smallest absolute Gasteiger partial charge is 0.268 e. The van der Waals surface area contributed by atoms with Gasteiger partial charge in [0, 0.05) is 11.8 Å². The lowest BCUT2D eigenvalue weighted by atomic mass is 10.1. The zero-order chi connectivity index (χ0) is 9.84. The molecular weight excluding hydrogens is 184 g/mol. The summed E-state index contributed by atoms with van der Waals surface area (Å²) in [4.78, 5) is 14.8. The average molecular weight is 197 g/mol. The molecule has 0 spiro atoms. The Balaban J connectivity index is 2.64. The molecule has 1 radical (unpaired) electrons. The highest BCUT2D eigenvalue weighted by Crippen LogP contribution is 2.17. The number of amides is 1. The van der Waals surface area contributed by atoms with Crippen LogP contribution in [0.25, 0.3) is 0 Å². The van der Waals surface area contributed by atoms with Crippen LogP contribution >= 0.6 is 11.3 Å². The second-order valence-electron chi connectivity index (χ2n) is 2.99. The lowest BCUT2D eigenvalue weighted by Crippen LogP contribution is -2.11. The highest BCUT2D eigenvalue weighted by Gasteiger charge is 2.09. The molecule has 13 heavy (non-hydrogen) atoms. The quantitative estimate of drug-likeness (QED) is 0.800. The summed E-state index contributed by atoms with van der Waals surface area (Å²) in [7, 11) is 0. The van der Waals surface area contributed by atoms with Crippen LogP contribution in [0.4, 0.5) is 0 Å². The first-order chi connectivity index (χ1) is 6.13. The van der Waals surface area contributed by atoms with E-state index in [-0.39, 0.29) is 0 Å². The first-order valence-electron chi connectivity index (χ1n) is 4.23. The summed E-state index contributed by atoms with van der Waals surface area (Å²) in [5, 5.41) is 2.57. The Morgan fingerprint density at radius 1 is 1.85 bits per heavy atom. The molecule has 0 aromatic carbocycles. The maximum Gasteiger partial charge on any atom is 0.268 e. The number of hydrogen-bond donors (Lipinski definition) is 1. The Morgan fingerprint density at radius 3 is 3.00 bits per heavy atom. The van der Waals surface area contributed by atoms with Crippen LogP contribution in [-0.4, -0.2) is 10.9 Å². The van der Waals surface area contributed by atoms with Crippen LogP contribution in [0.15, 0.2) is 5.38 Å². The zero-order valence-corrected chi connectivity index (χ0v) is 8.60. The van der Waals surface area contributed by atoms with Crippen LogP contribution in [0.1, 0.15) is 35.8 Å². The first kappa shape index (κ1) is 10.2. The van der Waals surface area contributed by atoms with Gasteiger partial charge in [-0.05, 0) is 5.92 Å². The fraction of sp³-hybridized carbons (Fsp3) is 0.444. The van der Waals surface area contributed by atoms with E-state index >= 15 is 0 Å². The van der Waals surface area contributed by atoms with Crippen LogP contribution in [0.3, 0.4) is 0 Å². The number of aromatic nitrogens is 1. The zero-order valence-electron chi connectivity index (χ0n) is 7.78. The van der Waals surface area contributed by atoms with Crippen molar-refractivity contribution in [1.82, 2.24) is 4.98 Å². The lowest BCUT2D eigenvalue weighted by Gasteiger charge is -2.02. The number of hydrogen-bond acceptors (Lipinski definition) is 3. The van der Waals surface area contributed by atoms with Gasteiger partial charge in [0.1, 0.15) is 5.69 Å². The number of thiazole rings is 1. The number of carbonyl (C=O) groups is 1. The van der Waals surface area contributed by atoms with E-state index in [0.29, 0.717) is 11.6 Å². The van der Waals surface area contributed by atoms with Crippen molar-refractivity contribution in [1.29, 1.82) is 0 Å². The van der Waals surface area contributed by atoms with Gasteiger partial charge in [-0.3, -0.25) is 4.79 Å². The van der Waals surface area contributed by atoms with Crippen molar-refractivity contribution in [2.45, 2.75) is 20.3 Å². The minimum atomic E-state index is -0.458. The second kappa shape index (κ2) is 4.37. The van der Waals surface area contributed by atoms with Gasteiger partial charge in [-0.2, -0.15) is 0 Å². The van der Waals surface area contributed by atoms with Gasteiger partial charge < -0.3 is 5.73 Å². The lowest BCUT2D eigenvalue weighted by molar-refractivity contribution is 0.0996. The molecule has 0 aliphatic carbocycles. The monoisotopic (exact) mass is 197 g/mol. The summed E-state index contributed by atoms with van der Waals surface area (Å²) in [5.74, 6) is 0.0342. The molecule has 1 atom stereocenters. The fourth-order valence-electron chi connectivity index (χ4n) is 0.839. The maximum atomic E-state index is 10.7. The second-order valence-corrected chi connectivity index (χ2v) is 3.88. The van der Waals surface area contributed by atoms with Gasteiger partial charge in [0.15, 0.2) is 0 Å². The molecule has 4 heteroatoms.